The summed E-state index contributed by atoms with van der Waals surface area (Å²) in [4.78, 5) is 24.7. The van der Waals surface area contributed by atoms with Gasteiger partial charge < -0.3 is 15.5 Å². The largest absolute Gasteiger partial charge is 0.469 e. The van der Waals surface area contributed by atoms with Crippen LogP contribution >= 0.6 is 11.6 Å². The van der Waals surface area contributed by atoms with Gasteiger partial charge in [-0.1, -0.05) is 23.7 Å². The van der Waals surface area contributed by atoms with Crippen molar-refractivity contribution in [3.63, 3.8) is 0 Å². The summed E-state index contributed by atoms with van der Waals surface area (Å²) in [6.45, 7) is 1.82. The highest BCUT2D eigenvalue weighted by molar-refractivity contribution is 6.35. The summed E-state index contributed by atoms with van der Waals surface area (Å²) in [6, 6.07) is 7.78. The lowest BCUT2D eigenvalue weighted by Gasteiger charge is -2.25. The molecule has 1 aromatic carbocycles. The number of para-hydroxylation sites is 1. The first-order valence-corrected chi connectivity index (χ1v) is 10.7. The van der Waals surface area contributed by atoms with Crippen LogP contribution < -0.4 is 5.73 Å². The van der Waals surface area contributed by atoms with Gasteiger partial charge in [0.15, 0.2) is 5.82 Å². The Balaban J connectivity index is 1.62. The molecule has 1 saturated carbocycles. The number of halogens is 1. The minimum atomic E-state index is -0.135. The van der Waals surface area contributed by atoms with Crippen molar-refractivity contribution in [3.8, 4) is 11.4 Å². The van der Waals surface area contributed by atoms with Gasteiger partial charge in [0.2, 0.25) is 0 Å². The Kier molecular flexibility index (Phi) is 4.81. The van der Waals surface area contributed by atoms with Crippen molar-refractivity contribution >= 4 is 39.8 Å². The molecule has 9 heteroatoms. The highest BCUT2D eigenvalue weighted by atomic mass is 35.5. The third-order valence-electron chi connectivity index (χ3n) is 6.14. The van der Waals surface area contributed by atoms with E-state index in [-0.39, 0.29) is 17.8 Å². The van der Waals surface area contributed by atoms with Crippen molar-refractivity contribution < 1.29 is 9.53 Å². The Hall–Kier alpha value is -3.13. The van der Waals surface area contributed by atoms with Crippen LogP contribution in [-0.4, -0.2) is 37.6 Å². The molecule has 3 N–H and O–H groups in total. The molecule has 0 aliphatic heterocycles. The molecule has 5 rings (SSSR count). The van der Waals surface area contributed by atoms with E-state index in [4.69, 9.17) is 27.1 Å². The van der Waals surface area contributed by atoms with Gasteiger partial charge in [-0.15, -0.1) is 0 Å². The number of aromatic nitrogens is 5. The number of H-pyrrole nitrogens is 1. The van der Waals surface area contributed by atoms with Crippen molar-refractivity contribution in [2.75, 3.05) is 12.8 Å². The van der Waals surface area contributed by atoms with Gasteiger partial charge in [0.25, 0.3) is 0 Å². The standard InChI is InChI=1S/C22H23ClN6O2/c1-11-25-20(24)19-18(16-10-14-4-3-5-15(23)17(14)26-16)27-21(29(19)28-11)12-6-8-13(9-7-12)22(30)31-2/h3-5,10,12-13,26H,6-9H2,1-2H3,(H2,24,25,28)/t12-,13-. The Labute approximate surface area is 183 Å². The highest BCUT2D eigenvalue weighted by Crippen LogP contribution is 2.39. The average Bonchev–Trinajstić information content (AvgIpc) is 3.36. The first kappa shape index (κ1) is 19.8. The summed E-state index contributed by atoms with van der Waals surface area (Å²) in [6.07, 6.45) is 3.20. The van der Waals surface area contributed by atoms with Gasteiger partial charge in [0.1, 0.15) is 22.9 Å². The molecule has 0 atom stereocenters. The summed E-state index contributed by atoms with van der Waals surface area (Å²) in [5, 5.41) is 6.27. The van der Waals surface area contributed by atoms with Crippen molar-refractivity contribution in [1.29, 1.82) is 0 Å². The van der Waals surface area contributed by atoms with Gasteiger partial charge >= 0.3 is 5.97 Å². The number of nitrogens with zero attached hydrogens (tertiary/aromatic N) is 4. The van der Waals surface area contributed by atoms with Gasteiger partial charge in [0, 0.05) is 11.3 Å². The van der Waals surface area contributed by atoms with Crippen LogP contribution in [0, 0.1) is 12.8 Å². The number of aryl methyl sites for hydroxylation is 1. The Bertz CT molecular complexity index is 1300. The topological polar surface area (TPSA) is 111 Å². The number of carbonyl (C=O) groups excluding carboxylic acids is 1. The molecule has 31 heavy (non-hydrogen) atoms. The zero-order valence-corrected chi connectivity index (χ0v) is 18.1. The summed E-state index contributed by atoms with van der Waals surface area (Å²) >= 11 is 6.36. The summed E-state index contributed by atoms with van der Waals surface area (Å²) in [5.41, 5.74) is 9.38. The minimum absolute atomic E-state index is 0.0516. The van der Waals surface area contributed by atoms with E-state index in [9.17, 15) is 4.79 Å². The zero-order valence-electron chi connectivity index (χ0n) is 17.4. The number of hydrogen-bond acceptors (Lipinski definition) is 6. The monoisotopic (exact) mass is 438 g/mol. The molecular weight excluding hydrogens is 416 g/mol. The molecule has 0 amide bonds. The second kappa shape index (κ2) is 7.53. The van der Waals surface area contributed by atoms with Gasteiger partial charge in [-0.25, -0.2) is 14.5 Å². The third-order valence-corrected chi connectivity index (χ3v) is 6.45. The lowest BCUT2D eigenvalue weighted by atomic mass is 9.81. The van der Waals surface area contributed by atoms with Crippen LogP contribution in [0.5, 0.6) is 0 Å². The molecule has 0 unspecified atom stereocenters. The molecule has 1 aliphatic rings. The number of fused-ring (bicyclic) bond motifs is 2. The maximum absolute atomic E-state index is 11.9. The van der Waals surface area contributed by atoms with Crippen LogP contribution in [0.15, 0.2) is 24.3 Å². The lowest BCUT2D eigenvalue weighted by Crippen LogP contribution is -2.23. The summed E-state index contributed by atoms with van der Waals surface area (Å²) in [5.74, 6) is 1.79. The molecule has 4 aromatic rings. The first-order valence-electron chi connectivity index (χ1n) is 10.3. The van der Waals surface area contributed by atoms with E-state index in [1.807, 2.05) is 35.7 Å². The zero-order chi connectivity index (χ0) is 21.7. The fraction of sp³-hybridized carbons (Fsp3) is 0.364. The quantitative estimate of drug-likeness (QED) is 0.462. The maximum Gasteiger partial charge on any atom is 0.308 e. The van der Waals surface area contributed by atoms with Crippen LogP contribution in [0.4, 0.5) is 5.82 Å². The van der Waals surface area contributed by atoms with E-state index < -0.39 is 0 Å². The van der Waals surface area contributed by atoms with Crippen LogP contribution in [0.2, 0.25) is 5.02 Å². The molecule has 0 saturated heterocycles. The molecule has 3 heterocycles. The summed E-state index contributed by atoms with van der Waals surface area (Å²) < 4.78 is 6.74. The number of imidazole rings is 1. The fourth-order valence-electron chi connectivity index (χ4n) is 4.61. The minimum Gasteiger partial charge on any atom is -0.469 e. The van der Waals surface area contributed by atoms with E-state index in [0.29, 0.717) is 27.9 Å². The van der Waals surface area contributed by atoms with E-state index in [0.717, 1.165) is 48.1 Å². The van der Waals surface area contributed by atoms with Crippen LogP contribution in [0.3, 0.4) is 0 Å². The van der Waals surface area contributed by atoms with Gasteiger partial charge in [-0.2, -0.15) is 5.10 Å². The first-order chi connectivity index (χ1) is 15.0. The van der Waals surface area contributed by atoms with Crippen molar-refractivity contribution in [2.24, 2.45) is 5.92 Å². The van der Waals surface area contributed by atoms with E-state index in [1.54, 1.807) is 0 Å². The number of nitrogens with two attached hydrogens (primary N) is 1. The van der Waals surface area contributed by atoms with E-state index >= 15 is 0 Å². The molecule has 0 spiro atoms. The Morgan fingerprint density at radius 3 is 2.74 bits per heavy atom. The number of rotatable bonds is 3. The molecule has 160 valence electrons. The Morgan fingerprint density at radius 1 is 1.26 bits per heavy atom. The predicted molar refractivity (Wildman–Crippen MR) is 119 cm³/mol. The number of nitrogens with one attached hydrogen (secondary N) is 1. The predicted octanol–water partition coefficient (Wildman–Crippen LogP) is 4.26. The van der Waals surface area contributed by atoms with Crippen LogP contribution in [0.25, 0.3) is 27.8 Å². The third kappa shape index (κ3) is 3.31. The number of nitrogen functional groups attached to an aromatic ring is 1. The molecule has 0 radical (unpaired) electrons. The molecule has 1 fully saturated rings. The van der Waals surface area contributed by atoms with Crippen molar-refractivity contribution in [1.82, 2.24) is 24.6 Å². The number of anilines is 1. The van der Waals surface area contributed by atoms with Gasteiger partial charge in [-0.3, -0.25) is 4.79 Å². The maximum atomic E-state index is 11.9. The lowest BCUT2D eigenvalue weighted by molar-refractivity contribution is -0.146. The normalized spacial score (nSPS) is 19.2. The second-order valence-electron chi connectivity index (χ2n) is 8.08. The molecule has 1 aliphatic carbocycles. The Morgan fingerprint density at radius 2 is 2.03 bits per heavy atom. The number of carbonyl (C=O) groups is 1. The van der Waals surface area contributed by atoms with Crippen molar-refractivity contribution in [3.05, 3.63) is 40.9 Å². The van der Waals surface area contributed by atoms with Gasteiger partial charge in [-0.05, 0) is 44.7 Å². The SMILES string of the molecule is COC(=O)[C@H]1CC[C@H](c2nc(-c3cc4cccc(Cl)c4[nH]3)c3c(N)nc(C)nn32)CC1. The molecule has 3 aromatic heterocycles. The number of ether oxygens (including phenoxy) is 1. The van der Waals surface area contributed by atoms with Crippen LogP contribution in [-0.2, 0) is 9.53 Å². The molecular formula is C22H23ClN6O2. The highest BCUT2D eigenvalue weighted by Gasteiger charge is 2.31. The van der Waals surface area contributed by atoms with Crippen molar-refractivity contribution in [2.45, 2.75) is 38.5 Å². The summed E-state index contributed by atoms with van der Waals surface area (Å²) in [7, 11) is 1.44. The van der Waals surface area contributed by atoms with Crippen LogP contribution in [0.1, 0.15) is 43.3 Å². The number of aromatic amines is 1. The van der Waals surface area contributed by atoms with E-state index in [2.05, 4.69) is 15.1 Å². The van der Waals surface area contributed by atoms with E-state index in [1.165, 1.54) is 7.11 Å². The number of hydrogen-bond donors (Lipinski definition) is 2. The van der Waals surface area contributed by atoms with Gasteiger partial charge in [0.05, 0.1) is 29.3 Å². The smallest absolute Gasteiger partial charge is 0.308 e. The second-order valence-corrected chi connectivity index (χ2v) is 8.49. The molecule has 8 nitrogen and oxygen atoms in total. The number of esters is 1. The molecule has 0 bridgehead atoms. The average molecular weight is 439 g/mol. The number of methoxy groups -OCH3 is 1. The number of benzene rings is 1. The fourth-order valence-corrected chi connectivity index (χ4v) is 4.84.